The van der Waals surface area contributed by atoms with Gasteiger partial charge < -0.3 is 10.6 Å². The van der Waals surface area contributed by atoms with Gasteiger partial charge in [-0.25, -0.2) is 8.42 Å². The number of hydrogen-bond acceptors (Lipinski definition) is 4. The summed E-state index contributed by atoms with van der Waals surface area (Å²) in [5.74, 6) is -0.634. The zero-order valence-corrected chi connectivity index (χ0v) is 16.7. The molecule has 1 saturated carbocycles. The van der Waals surface area contributed by atoms with Gasteiger partial charge in [0.05, 0.1) is 17.0 Å². The van der Waals surface area contributed by atoms with Crippen molar-refractivity contribution in [2.24, 2.45) is 0 Å². The zero-order chi connectivity index (χ0) is 20.5. The second-order valence-corrected chi connectivity index (χ2v) is 9.41. The third-order valence-corrected chi connectivity index (χ3v) is 7.46. The molecule has 2 N–H and O–H groups in total. The highest BCUT2D eigenvalue weighted by atomic mass is 32.2. The number of carbonyl (C=O) groups is 2. The molecule has 1 heterocycles. The first kappa shape index (κ1) is 19.6. The summed E-state index contributed by atoms with van der Waals surface area (Å²) in [7, 11) is -3.85. The standard InChI is InChI=1S/C21H23N3O4S/c25-19-15-24(13-12-22-19)29(27,28)18-9-4-6-16(14-18)20(26)23-21(10-5-11-21)17-7-2-1-3-8-17/h1-4,6-9,14H,5,10-13,15H2,(H,22,25)(H,23,26). The van der Waals surface area contributed by atoms with Crippen LogP contribution in [0.5, 0.6) is 0 Å². The van der Waals surface area contributed by atoms with E-state index in [4.69, 9.17) is 0 Å². The second kappa shape index (κ2) is 7.61. The normalized spacial score (nSPS) is 19.1. The molecule has 2 aliphatic rings. The maximum absolute atomic E-state index is 13.0. The quantitative estimate of drug-likeness (QED) is 0.779. The molecular formula is C21H23N3O4S. The largest absolute Gasteiger partial charge is 0.354 e. The third kappa shape index (κ3) is 3.77. The number of nitrogens with one attached hydrogen (secondary N) is 2. The van der Waals surface area contributed by atoms with Crippen molar-refractivity contribution in [3.05, 3.63) is 65.7 Å². The van der Waals surface area contributed by atoms with Gasteiger partial charge in [0.1, 0.15) is 0 Å². The summed E-state index contributed by atoms with van der Waals surface area (Å²) in [5.41, 5.74) is 0.940. The van der Waals surface area contributed by atoms with Gasteiger partial charge in [-0.15, -0.1) is 0 Å². The first-order chi connectivity index (χ1) is 13.9. The van der Waals surface area contributed by atoms with Crippen molar-refractivity contribution < 1.29 is 18.0 Å². The Labute approximate surface area is 170 Å². The Morgan fingerprint density at radius 3 is 2.48 bits per heavy atom. The molecule has 0 radical (unpaired) electrons. The highest BCUT2D eigenvalue weighted by molar-refractivity contribution is 7.89. The topological polar surface area (TPSA) is 95.6 Å². The average Bonchev–Trinajstić information content (AvgIpc) is 2.71. The number of nitrogens with zero attached hydrogens (tertiary/aromatic N) is 1. The Balaban J connectivity index is 1.57. The molecule has 2 fully saturated rings. The van der Waals surface area contributed by atoms with Crippen molar-refractivity contribution in [1.29, 1.82) is 0 Å². The van der Waals surface area contributed by atoms with Crippen LogP contribution in [0, 0.1) is 0 Å². The lowest BCUT2D eigenvalue weighted by Gasteiger charge is -2.43. The molecule has 8 heteroatoms. The van der Waals surface area contributed by atoms with Crippen molar-refractivity contribution in [3.63, 3.8) is 0 Å². The SMILES string of the molecule is O=C1CN(S(=O)(=O)c2cccc(C(=O)NC3(c4ccccc4)CCC3)c2)CCN1. The van der Waals surface area contributed by atoms with E-state index in [1.807, 2.05) is 30.3 Å². The van der Waals surface area contributed by atoms with E-state index in [1.54, 1.807) is 12.1 Å². The number of amides is 2. The summed E-state index contributed by atoms with van der Waals surface area (Å²) < 4.78 is 26.9. The summed E-state index contributed by atoms with van der Waals surface area (Å²) >= 11 is 0. The van der Waals surface area contributed by atoms with Crippen LogP contribution in [0.15, 0.2) is 59.5 Å². The molecule has 0 aromatic heterocycles. The van der Waals surface area contributed by atoms with Gasteiger partial charge in [0.25, 0.3) is 5.91 Å². The summed E-state index contributed by atoms with van der Waals surface area (Å²) in [5, 5.41) is 5.73. The smallest absolute Gasteiger partial charge is 0.252 e. The Hall–Kier alpha value is -2.71. The van der Waals surface area contributed by atoms with E-state index in [9.17, 15) is 18.0 Å². The molecule has 2 aromatic rings. The van der Waals surface area contributed by atoms with Crippen molar-refractivity contribution in [2.75, 3.05) is 19.6 Å². The average molecular weight is 413 g/mol. The second-order valence-electron chi connectivity index (χ2n) is 7.47. The van der Waals surface area contributed by atoms with Crippen LogP contribution >= 0.6 is 0 Å². The van der Waals surface area contributed by atoms with Gasteiger partial charge in [0.2, 0.25) is 15.9 Å². The van der Waals surface area contributed by atoms with Crippen molar-refractivity contribution >= 4 is 21.8 Å². The number of hydrogen-bond donors (Lipinski definition) is 2. The summed E-state index contributed by atoms with van der Waals surface area (Å²) in [4.78, 5) is 24.5. The molecular weight excluding hydrogens is 390 g/mol. The molecule has 2 aromatic carbocycles. The Morgan fingerprint density at radius 2 is 1.83 bits per heavy atom. The van der Waals surface area contributed by atoms with E-state index in [-0.39, 0.29) is 41.9 Å². The first-order valence-electron chi connectivity index (χ1n) is 9.66. The molecule has 0 bridgehead atoms. The van der Waals surface area contributed by atoms with E-state index in [0.717, 1.165) is 29.1 Å². The van der Waals surface area contributed by atoms with Gasteiger partial charge in [-0.1, -0.05) is 36.4 Å². The minimum absolute atomic E-state index is 0.0159. The fraction of sp³-hybridized carbons (Fsp3) is 0.333. The lowest BCUT2D eigenvalue weighted by Crippen LogP contribution is -2.51. The minimum atomic E-state index is -3.85. The van der Waals surface area contributed by atoms with Crippen molar-refractivity contribution in [3.8, 4) is 0 Å². The van der Waals surface area contributed by atoms with E-state index >= 15 is 0 Å². The van der Waals surface area contributed by atoms with Crippen LogP contribution in [0.3, 0.4) is 0 Å². The number of sulfonamides is 1. The molecule has 1 aliphatic carbocycles. The molecule has 29 heavy (non-hydrogen) atoms. The molecule has 4 rings (SSSR count). The number of carbonyl (C=O) groups excluding carboxylic acids is 2. The fourth-order valence-corrected chi connectivity index (χ4v) is 5.27. The maximum Gasteiger partial charge on any atom is 0.252 e. The van der Waals surface area contributed by atoms with Crippen LogP contribution < -0.4 is 10.6 Å². The van der Waals surface area contributed by atoms with Gasteiger partial charge in [-0.2, -0.15) is 4.31 Å². The maximum atomic E-state index is 13.0. The van der Waals surface area contributed by atoms with Gasteiger partial charge in [-0.05, 0) is 43.0 Å². The lowest BCUT2D eigenvalue weighted by molar-refractivity contribution is -0.122. The van der Waals surface area contributed by atoms with E-state index in [2.05, 4.69) is 10.6 Å². The van der Waals surface area contributed by atoms with Crippen LogP contribution in [0.1, 0.15) is 35.2 Å². The molecule has 0 spiro atoms. The predicted molar refractivity (Wildman–Crippen MR) is 108 cm³/mol. The van der Waals surface area contributed by atoms with Crippen LogP contribution in [0.25, 0.3) is 0 Å². The van der Waals surface area contributed by atoms with Gasteiger partial charge in [0.15, 0.2) is 0 Å². The third-order valence-electron chi connectivity index (χ3n) is 5.62. The highest BCUT2D eigenvalue weighted by Gasteiger charge is 2.40. The van der Waals surface area contributed by atoms with Crippen LogP contribution in [-0.2, 0) is 20.4 Å². The van der Waals surface area contributed by atoms with Gasteiger partial charge in [-0.3, -0.25) is 9.59 Å². The Morgan fingerprint density at radius 1 is 1.07 bits per heavy atom. The monoisotopic (exact) mass is 413 g/mol. The van der Waals surface area contributed by atoms with E-state index in [0.29, 0.717) is 0 Å². The highest BCUT2D eigenvalue weighted by Crippen LogP contribution is 2.41. The van der Waals surface area contributed by atoms with Crippen LogP contribution in [0.4, 0.5) is 0 Å². The molecule has 2 amide bonds. The molecule has 7 nitrogen and oxygen atoms in total. The Bertz CT molecular complexity index is 1030. The number of benzene rings is 2. The van der Waals surface area contributed by atoms with Crippen LogP contribution in [0.2, 0.25) is 0 Å². The molecule has 0 atom stereocenters. The van der Waals surface area contributed by atoms with E-state index < -0.39 is 15.6 Å². The number of rotatable bonds is 5. The minimum Gasteiger partial charge on any atom is -0.354 e. The van der Waals surface area contributed by atoms with Crippen molar-refractivity contribution in [1.82, 2.24) is 14.9 Å². The van der Waals surface area contributed by atoms with Crippen LogP contribution in [-0.4, -0.2) is 44.2 Å². The lowest BCUT2D eigenvalue weighted by atomic mass is 9.71. The zero-order valence-electron chi connectivity index (χ0n) is 15.9. The first-order valence-corrected chi connectivity index (χ1v) is 11.1. The predicted octanol–water partition coefficient (Wildman–Crippen LogP) is 1.62. The molecule has 0 unspecified atom stereocenters. The summed E-state index contributed by atoms with van der Waals surface area (Å²) in [6.07, 6.45) is 2.73. The van der Waals surface area contributed by atoms with Gasteiger partial charge >= 0.3 is 0 Å². The Kier molecular flexibility index (Phi) is 5.14. The fourth-order valence-electron chi connectivity index (χ4n) is 3.83. The molecule has 152 valence electrons. The van der Waals surface area contributed by atoms with E-state index in [1.165, 1.54) is 12.1 Å². The molecule has 1 aliphatic heterocycles. The molecule has 1 saturated heterocycles. The number of piperazine rings is 1. The van der Waals surface area contributed by atoms with Crippen molar-refractivity contribution in [2.45, 2.75) is 29.7 Å². The summed E-state index contributed by atoms with van der Waals surface area (Å²) in [6, 6.07) is 15.8. The summed E-state index contributed by atoms with van der Waals surface area (Å²) in [6.45, 7) is 0.273. The van der Waals surface area contributed by atoms with Gasteiger partial charge in [0, 0.05) is 18.7 Å².